The van der Waals surface area contributed by atoms with Crippen molar-refractivity contribution in [2.24, 2.45) is 0 Å². The average Bonchev–Trinajstić information content (AvgIpc) is 2.99. The molecule has 4 heterocycles. The molecule has 2 saturated heterocycles. The topological polar surface area (TPSA) is 83.8 Å². The highest BCUT2D eigenvalue weighted by molar-refractivity contribution is 5.69. The molecular weight excluding hydrogens is 356 g/mol. The summed E-state index contributed by atoms with van der Waals surface area (Å²) < 4.78 is 7.20. The number of amides is 1. The Kier molecular flexibility index (Phi) is 4.91. The minimum Gasteiger partial charge on any atom is -0.444 e. The second-order valence-electron chi connectivity index (χ2n) is 8.87. The second kappa shape index (κ2) is 7.24. The Balaban J connectivity index is 1.42. The molecule has 2 aromatic heterocycles. The molecule has 2 aliphatic rings. The number of anilines is 1. The highest BCUT2D eigenvalue weighted by atomic mass is 16.6. The predicted octanol–water partition coefficient (Wildman–Crippen LogP) is 2.57. The van der Waals surface area contributed by atoms with Crippen LogP contribution in [0.5, 0.6) is 0 Å². The fourth-order valence-corrected chi connectivity index (χ4v) is 3.83. The van der Waals surface area contributed by atoms with Crippen LogP contribution in [-0.4, -0.2) is 52.0 Å². The smallest absolute Gasteiger partial charge is 0.407 e. The van der Waals surface area contributed by atoms with Crippen LogP contribution < -0.4 is 15.5 Å². The largest absolute Gasteiger partial charge is 0.444 e. The zero-order valence-corrected chi connectivity index (χ0v) is 17.2. The molecule has 2 aliphatic heterocycles. The van der Waals surface area contributed by atoms with Crippen LogP contribution in [0.15, 0.2) is 12.3 Å². The van der Waals surface area contributed by atoms with Crippen LogP contribution in [0.2, 0.25) is 0 Å². The van der Waals surface area contributed by atoms with Gasteiger partial charge in [0.2, 0.25) is 0 Å². The summed E-state index contributed by atoms with van der Waals surface area (Å²) in [5.41, 5.74) is 2.53. The summed E-state index contributed by atoms with van der Waals surface area (Å²) in [6.45, 7) is 10.2. The summed E-state index contributed by atoms with van der Waals surface area (Å²) >= 11 is 0. The van der Waals surface area contributed by atoms with Gasteiger partial charge in [-0.15, -0.1) is 0 Å². The zero-order chi connectivity index (χ0) is 19.9. The monoisotopic (exact) mass is 386 g/mol. The van der Waals surface area contributed by atoms with Crippen LogP contribution in [0, 0.1) is 6.92 Å². The summed E-state index contributed by atoms with van der Waals surface area (Å²) in [6, 6.07) is 2.49. The molecule has 0 spiro atoms. The average molecular weight is 387 g/mol. The highest BCUT2D eigenvalue weighted by Crippen LogP contribution is 2.26. The first kappa shape index (κ1) is 19.0. The van der Waals surface area contributed by atoms with Gasteiger partial charge in [-0.3, -0.25) is 0 Å². The Morgan fingerprint density at radius 3 is 2.79 bits per heavy atom. The molecule has 4 rings (SSSR count). The minimum atomic E-state index is -0.483. The van der Waals surface area contributed by atoms with Gasteiger partial charge in [0.1, 0.15) is 11.4 Å². The van der Waals surface area contributed by atoms with Gasteiger partial charge in [-0.2, -0.15) is 5.10 Å². The van der Waals surface area contributed by atoms with Gasteiger partial charge in [-0.1, -0.05) is 6.42 Å². The number of nitrogens with one attached hydrogen (secondary N) is 2. The summed E-state index contributed by atoms with van der Waals surface area (Å²) in [4.78, 5) is 18.9. The Labute approximate surface area is 165 Å². The minimum absolute atomic E-state index is 0.0826. The summed E-state index contributed by atoms with van der Waals surface area (Å²) in [5, 5.41) is 11.2. The molecule has 152 valence electrons. The molecule has 1 amide bonds. The van der Waals surface area contributed by atoms with Crippen molar-refractivity contribution in [3.8, 4) is 0 Å². The Morgan fingerprint density at radius 2 is 2.11 bits per heavy atom. The van der Waals surface area contributed by atoms with E-state index in [1.165, 1.54) is 12.8 Å². The molecule has 0 radical (unpaired) electrons. The molecule has 0 aromatic carbocycles. The zero-order valence-electron chi connectivity index (χ0n) is 17.2. The summed E-state index contributed by atoms with van der Waals surface area (Å²) in [7, 11) is 0. The number of carbonyl (C=O) groups is 1. The molecule has 8 heteroatoms. The predicted molar refractivity (Wildman–Crippen MR) is 108 cm³/mol. The molecule has 1 atom stereocenters. The van der Waals surface area contributed by atoms with E-state index < -0.39 is 5.60 Å². The number of rotatable bonds is 3. The number of fused-ring (bicyclic) bond motifs is 1. The molecule has 0 bridgehead atoms. The van der Waals surface area contributed by atoms with Gasteiger partial charge in [0.05, 0.1) is 17.8 Å². The summed E-state index contributed by atoms with van der Waals surface area (Å²) in [6.07, 6.45) is 5.28. The maximum atomic E-state index is 11.9. The van der Waals surface area contributed by atoms with Gasteiger partial charge in [0.25, 0.3) is 0 Å². The lowest BCUT2D eigenvalue weighted by Gasteiger charge is -2.41. The number of piperidine rings is 1. The quantitative estimate of drug-likeness (QED) is 0.844. The Bertz CT molecular complexity index is 859. The van der Waals surface area contributed by atoms with E-state index in [2.05, 4.69) is 28.5 Å². The molecule has 2 aromatic rings. The van der Waals surface area contributed by atoms with E-state index in [1.54, 1.807) is 0 Å². The van der Waals surface area contributed by atoms with Crippen molar-refractivity contribution in [3.63, 3.8) is 0 Å². The normalized spacial score (nSPS) is 20.9. The molecular formula is C20H30N6O2. The van der Waals surface area contributed by atoms with E-state index in [0.717, 1.165) is 48.8 Å². The molecule has 0 aliphatic carbocycles. The van der Waals surface area contributed by atoms with Gasteiger partial charge >= 0.3 is 6.09 Å². The van der Waals surface area contributed by atoms with Crippen LogP contribution in [0.25, 0.3) is 5.65 Å². The van der Waals surface area contributed by atoms with Gasteiger partial charge in [-0.05, 0) is 47.1 Å². The van der Waals surface area contributed by atoms with Crippen molar-refractivity contribution in [2.75, 3.05) is 24.5 Å². The number of hydrogen-bond donors (Lipinski definition) is 2. The third-order valence-corrected chi connectivity index (χ3v) is 5.19. The number of aromatic nitrogens is 3. The second-order valence-corrected chi connectivity index (χ2v) is 8.87. The fraction of sp³-hybridized carbons (Fsp3) is 0.650. The van der Waals surface area contributed by atoms with Crippen LogP contribution in [0.1, 0.15) is 57.3 Å². The van der Waals surface area contributed by atoms with Crippen molar-refractivity contribution in [1.82, 2.24) is 25.2 Å². The van der Waals surface area contributed by atoms with E-state index in [0.29, 0.717) is 6.04 Å². The van der Waals surface area contributed by atoms with Crippen LogP contribution in [0.4, 0.5) is 10.6 Å². The van der Waals surface area contributed by atoms with E-state index in [-0.39, 0.29) is 12.1 Å². The molecule has 0 saturated carbocycles. The number of carbonyl (C=O) groups excluding carboxylic acids is 1. The van der Waals surface area contributed by atoms with Gasteiger partial charge in [0, 0.05) is 30.9 Å². The van der Waals surface area contributed by atoms with Crippen molar-refractivity contribution in [2.45, 2.75) is 64.6 Å². The van der Waals surface area contributed by atoms with Crippen molar-refractivity contribution in [3.05, 3.63) is 23.5 Å². The van der Waals surface area contributed by atoms with Gasteiger partial charge in [0.15, 0.2) is 5.65 Å². The van der Waals surface area contributed by atoms with Crippen LogP contribution in [0.3, 0.4) is 0 Å². The molecule has 1 unspecified atom stereocenters. The Morgan fingerprint density at radius 1 is 1.32 bits per heavy atom. The first-order valence-electron chi connectivity index (χ1n) is 10.1. The lowest BCUT2D eigenvalue weighted by atomic mass is 10.0. The number of nitrogens with zero attached hydrogens (tertiary/aromatic N) is 4. The molecule has 2 fully saturated rings. The standard InChI is InChI=1S/C20H30N6O2/c1-13-10-26-17(9-16(24-26)15-7-5-6-8-21-15)23-18(13)25-11-14(12-25)22-19(27)28-20(2,3)4/h9-10,14-15,21H,5-8,11-12H2,1-4H3,(H,22,27). The number of hydrogen-bond acceptors (Lipinski definition) is 6. The number of alkyl carbamates (subject to hydrolysis) is 1. The lowest BCUT2D eigenvalue weighted by molar-refractivity contribution is 0.0496. The lowest BCUT2D eigenvalue weighted by Crippen LogP contribution is -2.60. The first-order chi connectivity index (χ1) is 13.3. The van der Waals surface area contributed by atoms with E-state index in [4.69, 9.17) is 14.8 Å². The van der Waals surface area contributed by atoms with E-state index >= 15 is 0 Å². The van der Waals surface area contributed by atoms with Crippen LogP contribution >= 0.6 is 0 Å². The molecule has 28 heavy (non-hydrogen) atoms. The van der Waals surface area contributed by atoms with E-state index in [9.17, 15) is 4.79 Å². The first-order valence-corrected chi connectivity index (χ1v) is 10.1. The SMILES string of the molecule is Cc1cn2nc(C3CCCCN3)cc2nc1N1CC(NC(=O)OC(C)(C)C)C1. The molecule has 2 N–H and O–H groups in total. The van der Waals surface area contributed by atoms with Crippen LogP contribution in [-0.2, 0) is 4.74 Å². The third-order valence-electron chi connectivity index (χ3n) is 5.19. The number of ether oxygens (including phenoxy) is 1. The summed E-state index contributed by atoms with van der Waals surface area (Å²) in [5.74, 6) is 0.956. The van der Waals surface area contributed by atoms with Gasteiger partial charge in [-0.25, -0.2) is 14.3 Å². The number of aryl methyl sites for hydroxylation is 1. The molecule has 8 nitrogen and oxygen atoms in total. The van der Waals surface area contributed by atoms with Crippen molar-refractivity contribution >= 4 is 17.6 Å². The van der Waals surface area contributed by atoms with Crippen molar-refractivity contribution < 1.29 is 9.53 Å². The van der Waals surface area contributed by atoms with Gasteiger partial charge < -0.3 is 20.3 Å². The maximum absolute atomic E-state index is 11.9. The van der Waals surface area contributed by atoms with Crippen molar-refractivity contribution in [1.29, 1.82) is 0 Å². The highest BCUT2D eigenvalue weighted by Gasteiger charge is 2.32. The maximum Gasteiger partial charge on any atom is 0.407 e. The third kappa shape index (κ3) is 4.06. The fourth-order valence-electron chi connectivity index (χ4n) is 3.83. The van der Waals surface area contributed by atoms with E-state index in [1.807, 2.05) is 31.5 Å². The Hall–Kier alpha value is -2.35.